The predicted molar refractivity (Wildman–Crippen MR) is 77.1 cm³/mol. The maximum Gasteiger partial charge on any atom is 0.143 e. The van der Waals surface area contributed by atoms with Crippen molar-refractivity contribution in [3.63, 3.8) is 0 Å². The zero-order valence-corrected chi connectivity index (χ0v) is 11.6. The number of hydrogen-bond acceptors (Lipinski definition) is 3. The van der Waals surface area contributed by atoms with Gasteiger partial charge in [0.2, 0.25) is 0 Å². The molecular formula is C16H18N2O. The van der Waals surface area contributed by atoms with E-state index < -0.39 is 0 Å². The summed E-state index contributed by atoms with van der Waals surface area (Å²) in [6.45, 7) is 7.09. The van der Waals surface area contributed by atoms with Crippen molar-refractivity contribution in [2.45, 2.75) is 26.4 Å². The van der Waals surface area contributed by atoms with Crippen LogP contribution in [0.4, 0.5) is 11.5 Å². The third-order valence-corrected chi connectivity index (χ3v) is 3.26. The summed E-state index contributed by atoms with van der Waals surface area (Å²) in [5.41, 5.74) is 2.10. The van der Waals surface area contributed by atoms with Gasteiger partial charge < -0.3 is 9.64 Å². The molecule has 3 nitrogen and oxygen atoms in total. The lowest BCUT2D eigenvalue weighted by molar-refractivity contribution is 0.108. The van der Waals surface area contributed by atoms with Crippen LogP contribution in [0, 0.1) is 6.92 Å². The molecule has 19 heavy (non-hydrogen) atoms. The van der Waals surface area contributed by atoms with Gasteiger partial charge in [-0.05, 0) is 50.6 Å². The van der Waals surface area contributed by atoms with Crippen LogP contribution in [0.2, 0.25) is 0 Å². The van der Waals surface area contributed by atoms with Crippen molar-refractivity contribution >= 4 is 11.5 Å². The third kappa shape index (κ3) is 2.28. The highest BCUT2D eigenvalue weighted by molar-refractivity contribution is 5.69. The number of hydrogen-bond donors (Lipinski definition) is 0. The van der Waals surface area contributed by atoms with Crippen LogP contribution in [-0.4, -0.2) is 17.1 Å². The molecule has 0 atom stereocenters. The van der Waals surface area contributed by atoms with Gasteiger partial charge in [0, 0.05) is 6.20 Å². The van der Waals surface area contributed by atoms with E-state index in [4.69, 9.17) is 4.74 Å². The van der Waals surface area contributed by atoms with Gasteiger partial charge in [0.1, 0.15) is 17.2 Å². The number of pyridine rings is 1. The molecule has 3 rings (SSSR count). The minimum absolute atomic E-state index is 0.222. The molecule has 98 valence electrons. The second-order valence-corrected chi connectivity index (χ2v) is 5.61. The van der Waals surface area contributed by atoms with Crippen LogP contribution in [0.5, 0.6) is 5.75 Å². The van der Waals surface area contributed by atoms with E-state index in [2.05, 4.69) is 42.8 Å². The minimum Gasteiger partial charge on any atom is -0.484 e. The van der Waals surface area contributed by atoms with Crippen molar-refractivity contribution in [3.05, 3.63) is 48.2 Å². The summed E-state index contributed by atoms with van der Waals surface area (Å²) in [6.07, 6.45) is 1.83. The Hall–Kier alpha value is -2.03. The molecule has 1 aliphatic heterocycles. The van der Waals surface area contributed by atoms with Crippen molar-refractivity contribution in [3.8, 4) is 5.75 Å². The number of aryl methyl sites for hydroxylation is 1. The Balaban J connectivity index is 2.12. The van der Waals surface area contributed by atoms with Gasteiger partial charge in [0.25, 0.3) is 0 Å². The summed E-state index contributed by atoms with van der Waals surface area (Å²) in [7, 11) is 0. The van der Waals surface area contributed by atoms with E-state index in [1.165, 1.54) is 5.56 Å². The zero-order chi connectivity index (χ0) is 13.5. The topological polar surface area (TPSA) is 25.4 Å². The molecule has 0 spiro atoms. The van der Waals surface area contributed by atoms with E-state index >= 15 is 0 Å². The first-order valence-corrected chi connectivity index (χ1v) is 6.53. The Morgan fingerprint density at radius 3 is 2.79 bits per heavy atom. The van der Waals surface area contributed by atoms with Gasteiger partial charge in [-0.25, -0.2) is 4.98 Å². The summed E-state index contributed by atoms with van der Waals surface area (Å²) in [6, 6.07) is 12.3. The van der Waals surface area contributed by atoms with Gasteiger partial charge in [-0.1, -0.05) is 12.1 Å². The highest BCUT2D eigenvalue weighted by atomic mass is 16.5. The lowest BCUT2D eigenvalue weighted by Gasteiger charge is -2.40. The molecular weight excluding hydrogens is 236 g/mol. The van der Waals surface area contributed by atoms with E-state index in [1.807, 2.05) is 30.5 Å². The number of nitrogens with zero attached hydrogens (tertiary/aromatic N) is 2. The van der Waals surface area contributed by atoms with Crippen molar-refractivity contribution < 1.29 is 4.74 Å². The van der Waals surface area contributed by atoms with Gasteiger partial charge in [-0.2, -0.15) is 0 Å². The van der Waals surface area contributed by atoms with Crippen LogP contribution < -0.4 is 9.64 Å². The molecule has 0 radical (unpaired) electrons. The highest BCUT2D eigenvalue weighted by Gasteiger charge is 2.32. The third-order valence-electron chi connectivity index (χ3n) is 3.26. The molecule has 0 saturated carbocycles. The molecule has 0 saturated heterocycles. The molecule has 0 fully saturated rings. The van der Waals surface area contributed by atoms with Crippen LogP contribution in [0.3, 0.4) is 0 Å². The monoisotopic (exact) mass is 254 g/mol. The Morgan fingerprint density at radius 1 is 1.21 bits per heavy atom. The van der Waals surface area contributed by atoms with E-state index in [1.54, 1.807) is 0 Å². The van der Waals surface area contributed by atoms with E-state index in [9.17, 15) is 0 Å². The highest BCUT2D eigenvalue weighted by Crippen LogP contribution is 2.40. The average Bonchev–Trinajstić information content (AvgIpc) is 2.39. The number of anilines is 2. The van der Waals surface area contributed by atoms with Crippen molar-refractivity contribution in [1.29, 1.82) is 0 Å². The van der Waals surface area contributed by atoms with Crippen molar-refractivity contribution in [1.82, 2.24) is 4.98 Å². The SMILES string of the molecule is Cc1ccc2c(c1)N(c1ccccn1)CC(C)(C)O2. The fourth-order valence-corrected chi connectivity index (χ4v) is 2.44. The summed E-state index contributed by atoms with van der Waals surface area (Å²) >= 11 is 0. The molecule has 0 unspecified atom stereocenters. The zero-order valence-electron chi connectivity index (χ0n) is 11.6. The van der Waals surface area contributed by atoms with E-state index in [0.29, 0.717) is 0 Å². The second kappa shape index (κ2) is 4.26. The number of rotatable bonds is 1. The number of benzene rings is 1. The molecule has 1 aromatic heterocycles. The predicted octanol–water partition coefficient (Wildman–Crippen LogP) is 3.70. The Labute approximate surface area is 113 Å². The molecule has 2 aromatic rings. The number of ether oxygens (including phenoxy) is 1. The van der Waals surface area contributed by atoms with Gasteiger partial charge in [0.05, 0.1) is 12.2 Å². The molecule has 1 aliphatic rings. The maximum absolute atomic E-state index is 6.06. The van der Waals surface area contributed by atoms with Gasteiger partial charge >= 0.3 is 0 Å². The van der Waals surface area contributed by atoms with E-state index in [-0.39, 0.29) is 5.60 Å². The van der Waals surface area contributed by atoms with Gasteiger partial charge in [0.15, 0.2) is 0 Å². The number of fused-ring (bicyclic) bond motifs is 1. The summed E-state index contributed by atoms with van der Waals surface area (Å²) in [5, 5.41) is 0. The average molecular weight is 254 g/mol. The second-order valence-electron chi connectivity index (χ2n) is 5.61. The first-order chi connectivity index (χ1) is 9.05. The Bertz CT molecular complexity index is 593. The normalized spacial score (nSPS) is 16.7. The standard InChI is InChI=1S/C16H18N2O/c1-12-7-8-14-13(10-12)18(11-16(2,3)19-14)15-6-4-5-9-17-15/h4-10H,11H2,1-3H3. The maximum atomic E-state index is 6.06. The first-order valence-electron chi connectivity index (χ1n) is 6.53. The van der Waals surface area contributed by atoms with Gasteiger partial charge in [-0.3, -0.25) is 0 Å². The van der Waals surface area contributed by atoms with Crippen LogP contribution in [0.1, 0.15) is 19.4 Å². The van der Waals surface area contributed by atoms with Crippen molar-refractivity contribution in [2.24, 2.45) is 0 Å². The van der Waals surface area contributed by atoms with Crippen LogP contribution in [0.25, 0.3) is 0 Å². The van der Waals surface area contributed by atoms with Crippen LogP contribution >= 0.6 is 0 Å². The fraction of sp³-hybridized carbons (Fsp3) is 0.312. The summed E-state index contributed by atoms with van der Waals surface area (Å²) < 4.78 is 6.06. The lowest BCUT2D eigenvalue weighted by atomic mass is 10.0. The molecule has 3 heteroatoms. The Kier molecular flexibility index (Phi) is 2.70. The smallest absolute Gasteiger partial charge is 0.143 e. The van der Waals surface area contributed by atoms with Crippen molar-refractivity contribution in [2.75, 3.05) is 11.4 Å². The quantitative estimate of drug-likeness (QED) is 0.776. The molecule has 0 bridgehead atoms. The fourth-order valence-electron chi connectivity index (χ4n) is 2.44. The summed E-state index contributed by atoms with van der Waals surface area (Å²) in [4.78, 5) is 6.69. The minimum atomic E-state index is -0.222. The number of aromatic nitrogens is 1. The molecule has 0 amide bonds. The first kappa shape index (κ1) is 12.0. The Morgan fingerprint density at radius 2 is 2.05 bits per heavy atom. The largest absolute Gasteiger partial charge is 0.484 e. The summed E-state index contributed by atoms with van der Waals surface area (Å²) in [5.74, 6) is 1.89. The molecule has 2 heterocycles. The van der Waals surface area contributed by atoms with Crippen LogP contribution in [0.15, 0.2) is 42.6 Å². The van der Waals surface area contributed by atoms with Crippen LogP contribution in [-0.2, 0) is 0 Å². The molecule has 0 N–H and O–H groups in total. The lowest BCUT2D eigenvalue weighted by Crippen LogP contribution is -2.45. The molecule has 0 aliphatic carbocycles. The van der Waals surface area contributed by atoms with E-state index in [0.717, 1.165) is 23.8 Å². The molecule has 1 aromatic carbocycles. The van der Waals surface area contributed by atoms with Gasteiger partial charge in [-0.15, -0.1) is 0 Å².